The first-order valence-corrected chi connectivity index (χ1v) is 18.1. The Morgan fingerprint density at radius 3 is 1.02 bits per heavy atom. The van der Waals surface area contributed by atoms with Crippen LogP contribution in [0.15, 0.2) is 27.3 Å². The van der Waals surface area contributed by atoms with Gasteiger partial charge in [-0.05, 0) is 18.8 Å². The van der Waals surface area contributed by atoms with Gasteiger partial charge in [-0.15, -0.1) is 23.5 Å². The van der Waals surface area contributed by atoms with E-state index < -0.39 is 23.1 Å². The molecule has 45 heavy (non-hydrogen) atoms. The Morgan fingerprint density at radius 1 is 0.467 bits per heavy atom. The van der Waals surface area contributed by atoms with Gasteiger partial charge in [-0.25, -0.2) is 9.97 Å². The van der Waals surface area contributed by atoms with Gasteiger partial charge in [-0.3, -0.25) is 0 Å². The average Bonchev–Trinajstić information content (AvgIpc) is 3.65. The molecule has 0 spiro atoms. The summed E-state index contributed by atoms with van der Waals surface area (Å²) in [7, 11) is 0. The number of rotatable bonds is 6. The first kappa shape index (κ1) is 30.6. The number of ether oxygens (including phenoxy) is 8. The Labute approximate surface area is 275 Å². The SMILES string of the molecule is CSc1ncc([C](c2c3c(c(SC)c4c2OC(C)(C)O4)OC(C)(C)O3)c2c3c(c(SC)c4c2OC(C)(C)O4)OC(C)(C)O3)cn1. The molecule has 4 aliphatic heterocycles. The van der Waals surface area contributed by atoms with Crippen molar-refractivity contribution >= 4 is 35.3 Å². The molecule has 0 aliphatic carbocycles. The summed E-state index contributed by atoms with van der Waals surface area (Å²) in [4.78, 5) is 10.9. The van der Waals surface area contributed by atoms with E-state index in [1.165, 1.54) is 35.3 Å². The summed E-state index contributed by atoms with van der Waals surface area (Å²) >= 11 is 4.46. The molecule has 239 valence electrons. The van der Waals surface area contributed by atoms with Crippen molar-refractivity contribution in [2.45, 2.75) is 93.5 Å². The smallest absolute Gasteiger partial charge is 0.246 e. The van der Waals surface area contributed by atoms with Gasteiger partial charge in [0.1, 0.15) is 0 Å². The molecule has 7 rings (SSSR count). The van der Waals surface area contributed by atoms with Crippen LogP contribution in [0.5, 0.6) is 46.0 Å². The van der Waals surface area contributed by atoms with Crippen LogP contribution in [0.2, 0.25) is 0 Å². The van der Waals surface area contributed by atoms with E-state index in [2.05, 4.69) is 9.97 Å². The van der Waals surface area contributed by atoms with Crippen LogP contribution in [0.4, 0.5) is 0 Å². The molecule has 3 aromatic rings. The van der Waals surface area contributed by atoms with Gasteiger partial charge < -0.3 is 37.9 Å². The first-order valence-electron chi connectivity index (χ1n) is 14.4. The maximum absolute atomic E-state index is 6.61. The number of hydrogen-bond acceptors (Lipinski definition) is 13. The molecule has 0 bridgehead atoms. The Kier molecular flexibility index (Phi) is 6.79. The summed E-state index contributed by atoms with van der Waals surface area (Å²) < 4.78 is 52.3. The zero-order valence-corrected chi connectivity index (χ0v) is 29.5. The van der Waals surface area contributed by atoms with Gasteiger partial charge in [0.05, 0.1) is 26.8 Å². The highest BCUT2D eigenvalue weighted by Crippen LogP contribution is 2.67. The summed E-state index contributed by atoms with van der Waals surface area (Å²) in [5.74, 6) is 1.02. The maximum Gasteiger partial charge on any atom is 0.246 e. The minimum absolute atomic E-state index is 0.501. The van der Waals surface area contributed by atoms with Crippen molar-refractivity contribution in [3.05, 3.63) is 35.0 Å². The van der Waals surface area contributed by atoms with Gasteiger partial charge in [0.15, 0.2) is 51.2 Å². The molecule has 1 aromatic heterocycles. The molecule has 10 nitrogen and oxygen atoms in total. The van der Waals surface area contributed by atoms with Crippen molar-refractivity contribution in [2.75, 3.05) is 18.8 Å². The average molecular weight is 672 g/mol. The van der Waals surface area contributed by atoms with Crippen molar-refractivity contribution in [3.63, 3.8) is 0 Å². The van der Waals surface area contributed by atoms with Gasteiger partial charge >= 0.3 is 0 Å². The molecule has 0 amide bonds. The monoisotopic (exact) mass is 671 g/mol. The Balaban J connectivity index is 1.62. The van der Waals surface area contributed by atoms with Gasteiger partial charge in [-0.2, -0.15) is 0 Å². The summed E-state index contributed by atoms with van der Waals surface area (Å²) in [6.07, 6.45) is 9.43. The Morgan fingerprint density at radius 2 is 0.756 bits per heavy atom. The van der Waals surface area contributed by atoms with E-state index in [0.717, 1.165) is 9.79 Å². The zero-order chi connectivity index (χ0) is 32.3. The molecule has 0 unspecified atom stereocenters. The van der Waals surface area contributed by atoms with Gasteiger partial charge in [0, 0.05) is 73.3 Å². The summed E-state index contributed by atoms with van der Waals surface area (Å²) in [5.41, 5.74) is 1.85. The van der Waals surface area contributed by atoms with E-state index in [0.29, 0.717) is 73.8 Å². The third-order valence-electron chi connectivity index (χ3n) is 7.35. The van der Waals surface area contributed by atoms with Crippen molar-refractivity contribution in [1.29, 1.82) is 0 Å². The van der Waals surface area contributed by atoms with Crippen molar-refractivity contribution in [3.8, 4) is 46.0 Å². The second-order valence-electron chi connectivity index (χ2n) is 12.7. The van der Waals surface area contributed by atoms with Crippen molar-refractivity contribution in [1.82, 2.24) is 9.97 Å². The molecular weight excluding hydrogens is 637 g/mol. The molecule has 13 heteroatoms. The zero-order valence-electron chi connectivity index (χ0n) is 27.0. The fourth-order valence-corrected chi connectivity index (χ4v) is 7.47. The maximum atomic E-state index is 6.61. The van der Waals surface area contributed by atoms with Crippen LogP contribution in [-0.4, -0.2) is 51.9 Å². The Bertz CT molecular complexity index is 1550. The molecule has 4 aliphatic rings. The van der Waals surface area contributed by atoms with Crippen molar-refractivity contribution in [2.24, 2.45) is 0 Å². The largest absolute Gasteiger partial charge is 0.449 e. The predicted octanol–water partition coefficient (Wildman–Crippen LogP) is 7.69. The minimum atomic E-state index is -0.966. The van der Waals surface area contributed by atoms with Crippen LogP contribution in [0.1, 0.15) is 72.1 Å². The van der Waals surface area contributed by atoms with E-state index in [4.69, 9.17) is 37.9 Å². The van der Waals surface area contributed by atoms with E-state index in [1.807, 2.05) is 74.2 Å². The van der Waals surface area contributed by atoms with Crippen LogP contribution in [-0.2, 0) is 0 Å². The molecule has 1 radical (unpaired) electrons. The fraction of sp³-hybridized carbons (Fsp3) is 0.469. The molecule has 0 saturated heterocycles. The van der Waals surface area contributed by atoms with Crippen LogP contribution in [0.25, 0.3) is 0 Å². The molecular formula is C32H35N2O8S3. The number of thioether (sulfide) groups is 3. The number of benzene rings is 2. The van der Waals surface area contributed by atoms with Crippen molar-refractivity contribution < 1.29 is 37.9 Å². The molecule has 2 aromatic carbocycles. The molecule has 0 saturated carbocycles. The number of hydrogen-bond donors (Lipinski definition) is 0. The minimum Gasteiger partial charge on any atom is -0.449 e. The lowest BCUT2D eigenvalue weighted by Gasteiger charge is -2.25. The van der Waals surface area contributed by atoms with E-state index >= 15 is 0 Å². The standard InChI is InChI=1S/C32H35N2O8S3/c1-29(2)35-18-16(19-23(40-30(3,4)36-19)26(43-9)22(18)39-29)15(14-12-33-28(45-11)34-13-14)17-20-24(41-31(5,6)37-20)27(44-10)25-21(17)38-32(7,8)42-25/h12-13H,1-11H3. The lowest BCUT2D eigenvalue weighted by atomic mass is 9.83. The number of fused-ring (bicyclic) bond motifs is 4. The molecule has 0 atom stereocenters. The van der Waals surface area contributed by atoms with E-state index in [1.54, 1.807) is 12.4 Å². The third kappa shape index (κ3) is 4.88. The summed E-state index contributed by atoms with van der Waals surface area (Å²) in [6.45, 7) is 15.0. The lowest BCUT2D eigenvalue weighted by Crippen LogP contribution is -2.31. The van der Waals surface area contributed by atoms with Crippen LogP contribution >= 0.6 is 35.3 Å². The topological polar surface area (TPSA) is 99.6 Å². The predicted molar refractivity (Wildman–Crippen MR) is 172 cm³/mol. The second-order valence-corrected chi connectivity index (χ2v) is 15.1. The van der Waals surface area contributed by atoms with Gasteiger partial charge in [-0.1, -0.05) is 11.8 Å². The lowest BCUT2D eigenvalue weighted by molar-refractivity contribution is -0.0510. The highest BCUT2D eigenvalue weighted by molar-refractivity contribution is 7.99. The highest BCUT2D eigenvalue weighted by atomic mass is 32.2. The second kappa shape index (κ2) is 9.98. The first-order chi connectivity index (χ1) is 21.1. The number of aromatic nitrogens is 2. The van der Waals surface area contributed by atoms with Crippen LogP contribution in [0.3, 0.4) is 0 Å². The van der Waals surface area contributed by atoms with Crippen LogP contribution < -0.4 is 37.9 Å². The van der Waals surface area contributed by atoms with Gasteiger partial charge in [0.25, 0.3) is 0 Å². The van der Waals surface area contributed by atoms with E-state index in [9.17, 15) is 0 Å². The molecule has 5 heterocycles. The Hall–Kier alpha value is -3.03. The highest BCUT2D eigenvalue weighted by Gasteiger charge is 2.52. The van der Waals surface area contributed by atoms with E-state index in [-0.39, 0.29) is 0 Å². The molecule has 0 fully saturated rings. The quantitative estimate of drug-likeness (QED) is 0.189. The number of nitrogens with zero attached hydrogens (tertiary/aromatic N) is 2. The van der Waals surface area contributed by atoms with Crippen LogP contribution in [0, 0.1) is 5.92 Å². The summed E-state index contributed by atoms with van der Waals surface area (Å²) in [6, 6.07) is 0. The summed E-state index contributed by atoms with van der Waals surface area (Å²) in [5, 5.41) is 0.627. The normalized spacial score (nSPS) is 19.8. The third-order valence-corrected chi connectivity index (χ3v) is 9.48. The molecule has 0 N–H and O–H groups in total. The van der Waals surface area contributed by atoms with Gasteiger partial charge in [0.2, 0.25) is 23.1 Å². The fourth-order valence-electron chi connectivity index (χ4n) is 5.88.